The molecule has 0 unspecified atom stereocenters. The molecule has 47 heavy (non-hydrogen) atoms. The minimum Gasteiger partial charge on any atom is -1.00 e. The predicted molar refractivity (Wildman–Crippen MR) is 184 cm³/mol. The van der Waals surface area contributed by atoms with E-state index >= 15 is 0 Å². The molecule has 0 aliphatic carbocycles. The van der Waals surface area contributed by atoms with Crippen LogP contribution in [0.3, 0.4) is 0 Å². The Kier molecular flexibility index (Phi) is 17.1. The van der Waals surface area contributed by atoms with Crippen molar-refractivity contribution in [2.24, 2.45) is 0 Å². The molecule has 0 aromatic heterocycles. The maximum Gasteiger partial charge on any atom is 2.00 e. The van der Waals surface area contributed by atoms with E-state index in [2.05, 4.69) is 48.5 Å². The number of rotatable bonds is 8. The van der Waals surface area contributed by atoms with E-state index < -0.39 is 27.8 Å². The van der Waals surface area contributed by atoms with Crippen molar-refractivity contribution in [2.45, 2.75) is 0 Å². The zero-order valence-corrected chi connectivity index (χ0v) is 30.4. The molecule has 0 aliphatic rings. The van der Waals surface area contributed by atoms with Crippen molar-refractivity contribution < 1.29 is 73.1 Å². The Labute approximate surface area is 311 Å². The van der Waals surface area contributed by atoms with Gasteiger partial charge in [-0.15, -0.1) is 0 Å². The van der Waals surface area contributed by atoms with Crippen molar-refractivity contribution in [1.29, 1.82) is 0 Å². The molecule has 0 spiro atoms. The van der Waals surface area contributed by atoms with Crippen LogP contribution in [0.5, 0.6) is 0 Å². The number of benzene rings is 6. The Morgan fingerprint density at radius 3 is 0.723 bits per heavy atom. The summed E-state index contributed by atoms with van der Waals surface area (Å²) in [7, 11) is -1.34. The third-order valence-electron chi connectivity index (χ3n) is 6.80. The fourth-order valence-corrected chi connectivity index (χ4v) is 9.27. The van der Waals surface area contributed by atoms with Gasteiger partial charge >= 0.3 is 52.8 Å². The number of carboxylic acids is 2. The van der Waals surface area contributed by atoms with Gasteiger partial charge in [0.25, 0.3) is 0 Å². The SMILES string of the molecule is O=C(O)c1ccc(P(c2ccccc2)c2ccccc2)cc1.O=C(O)c1ccc(P(c2ccccc2)c2ccccc2)cc1.[Cl-].[Pd+2].[Pd+2]. The summed E-state index contributed by atoms with van der Waals surface area (Å²) < 4.78 is 0. The van der Waals surface area contributed by atoms with Crippen LogP contribution in [-0.2, 0) is 40.8 Å². The van der Waals surface area contributed by atoms with Gasteiger partial charge in [0.05, 0.1) is 11.1 Å². The smallest absolute Gasteiger partial charge is 1.00 e. The summed E-state index contributed by atoms with van der Waals surface area (Å²) in [4.78, 5) is 22.1. The summed E-state index contributed by atoms with van der Waals surface area (Å²) in [5, 5.41) is 25.4. The zero-order valence-electron chi connectivity index (χ0n) is 24.8. The minimum absolute atomic E-state index is 0. The number of carboxylic acid groups (broad SMARTS) is 2. The molecule has 2 N–H and O–H groups in total. The van der Waals surface area contributed by atoms with Gasteiger partial charge in [-0.25, -0.2) is 9.59 Å². The van der Waals surface area contributed by atoms with E-state index in [0.717, 1.165) is 10.6 Å². The van der Waals surface area contributed by atoms with E-state index in [4.69, 9.17) is 10.2 Å². The van der Waals surface area contributed by atoms with Crippen molar-refractivity contribution >= 4 is 59.6 Å². The summed E-state index contributed by atoms with van der Waals surface area (Å²) in [5.74, 6) is -1.79. The second kappa shape index (κ2) is 20.2. The standard InChI is InChI=1S/2C19H15O2P.ClH.2Pd/c2*20-19(21)15-11-13-18(14-12-15)22(16-7-3-1-4-8-16)17-9-5-2-6-10-17;;;/h2*1-14H,(H,20,21);1H;;/q;;;2*+2/p-1. The zero-order chi connectivity index (χ0) is 30.7. The van der Waals surface area contributed by atoms with Crippen LogP contribution >= 0.6 is 15.8 Å². The monoisotopic (exact) mass is 859 g/mol. The third-order valence-corrected chi connectivity index (χ3v) is 11.7. The van der Waals surface area contributed by atoms with Gasteiger partial charge in [0.2, 0.25) is 0 Å². The van der Waals surface area contributed by atoms with Crippen LogP contribution < -0.4 is 44.2 Å². The Hall–Kier alpha value is -3.27. The van der Waals surface area contributed by atoms with Gasteiger partial charge in [-0.2, -0.15) is 0 Å². The molecule has 0 atom stereocenters. The number of halogens is 1. The average molecular weight is 861 g/mol. The molecule has 4 nitrogen and oxygen atoms in total. The first-order chi connectivity index (χ1) is 21.5. The third kappa shape index (κ3) is 10.9. The van der Waals surface area contributed by atoms with Gasteiger partial charge < -0.3 is 22.6 Å². The Morgan fingerprint density at radius 2 is 0.532 bits per heavy atom. The second-order valence-corrected chi connectivity index (χ2v) is 14.2. The van der Waals surface area contributed by atoms with E-state index in [1.807, 2.05) is 97.1 Å². The molecule has 0 bridgehead atoms. The van der Waals surface area contributed by atoms with Crippen molar-refractivity contribution in [2.75, 3.05) is 0 Å². The van der Waals surface area contributed by atoms with E-state index in [1.54, 1.807) is 24.3 Å². The Morgan fingerprint density at radius 1 is 0.340 bits per heavy atom. The van der Waals surface area contributed by atoms with Crippen LogP contribution in [0, 0.1) is 0 Å². The first kappa shape index (κ1) is 39.9. The van der Waals surface area contributed by atoms with Gasteiger partial charge in [0.15, 0.2) is 0 Å². The van der Waals surface area contributed by atoms with E-state index in [0.29, 0.717) is 11.1 Å². The van der Waals surface area contributed by atoms with Gasteiger partial charge in [-0.05, 0) is 71.9 Å². The fourth-order valence-electron chi connectivity index (χ4n) is 4.71. The van der Waals surface area contributed by atoms with Crippen LogP contribution in [0.1, 0.15) is 20.7 Å². The number of aromatic carboxylic acids is 2. The summed E-state index contributed by atoms with van der Waals surface area (Å²) in [6.07, 6.45) is 0. The van der Waals surface area contributed by atoms with Crippen molar-refractivity contribution in [3.05, 3.63) is 181 Å². The predicted octanol–water partition coefficient (Wildman–Crippen LogP) is 3.29. The fraction of sp³-hybridized carbons (Fsp3) is 0. The van der Waals surface area contributed by atoms with E-state index in [1.165, 1.54) is 21.2 Å². The molecular weight excluding hydrogens is 831 g/mol. The summed E-state index contributed by atoms with van der Waals surface area (Å²) in [6.45, 7) is 0. The Bertz CT molecular complexity index is 1580. The van der Waals surface area contributed by atoms with Crippen LogP contribution in [0.4, 0.5) is 0 Å². The van der Waals surface area contributed by atoms with Gasteiger partial charge in [-0.1, -0.05) is 146 Å². The topological polar surface area (TPSA) is 74.6 Å². The molecule has 0 radical (unpaired) electrons. The largest absolute Gasteiger partial charge is 2.00 e. The molecular formula is C38H30ClO4P2Pd2+3. The van der Waals surface area contributed by atoms with Gasteiger partial charge in [0.1, 0.15) is 0 Å². The maximum absolute atomic E-state index is 11.0. The molecule has 0 fully saturated rings. The molecule has 0 heterocycles. The van der Waals surface area contributed by atoms with Crippen LogP contribution in [0.2, 0.25) is 0 Å². The molecule has 6 aromatic rings. The summed E-state index contributed by atoms with van der Waals surface area (Å²) in [6, 6.07) is 55.8. The molecule has 0 saturated carbocycles. The Balaban J connectivity index is 0.000000307. The van der Waals surface area contributed by atoms with E-state index in [9.17, 15) is 9.59 Å². The molecule has 9 heteroatoms. The second-order valence-electron chi connectivity index (χ2n) is 9.72. The van der Waals surface area contributed by atoms with E-state index in [-0.39, 0.29) is 53.3 Å². The number of carbonyl (C=O) groups is 2. The molecule has 0 aliphatic heterocycles. The van der Waals surface area contributed by atoms with Gasteiger partial charge in [-0.3, -0.25) is 0 Å². The van der Waals surface area contributed by atoms with Gasteiger partial charge in [0, 0.05) is 0 Å². The van der Waals surface area contributed by atoms with Crippen LogP contribution in [-0.4, -0.2) is 22.2 Å². The number of hydrogen-bond donors (Lipinski definition) is 2. The number of hydrogen-bond acceptors (Lipinski definition) is 2. The molecule has 0 amide bonds. The summed E-state index contributed by atoms with van der Waals surface area (Å²) in [5.41, 5.74) is 0.639. The minimum atomic E-state index is -0.893. The van der Waals surface area contributed by atoms with Crippen molar-refractivity contribution in [3.63, 3.8) is 0 Å². The molecule has 6 aromatic carbocycles. The quantitative estimate of drug-likeness (QED) is 0.182. The average Bonchev–Trinajstić information content (AvgIpc) is 3.08. The van der Waals surface area contributed by atoms with Crippen LogP contribution in [0.15, 0.2) is 170 Å². The maximum atomic E-state index is 11.0. The first-order valence-electron chi connectivity index (χ1n) is 14.0. The molecule has 0 saturated heterocycles. The molecule has 240 valence electrons. The van der Waals surface area contributed by atoms with Crippen molar-refractivity contribution in [3.8, 4) is 0 Å². The molecule has 6 rings (SSSR count). The normalized spacial score (nSPS) is 9.91. The van der Waals surface area contributed by atoms with Crippen molar-refractivity contribution in [1.82, 2.24) is 0 Å². The van der Waals surface area contributed by atoms with Crippen LogP contribution in [0.25, 0.3) is 0 Å². The summed E-state index contributed by atoms with van der Waals surface area (Å²) >= 11 is 0. The first-order valence-corrected chi connectivity index (χ1v) is 16.7.